The lowest BCUT2D eigenvalue weighted by Gasteiger charge is -2.29. The molecule has 2 saturated heterocycles. The van der Waals surface area contributed by atoms with E-state index >= 15 is 0 Å². The van der Waals surface area contributed by atoms with Gasteiger partial charge in [0.2, 0.25) is 5.91 Å². The zero-order valence-corrected chi connectivity index (χ0v) is 31.6. The molecule has 5 aromatic rings. The van der Waals surface area contributed by atoms with Crippen molar-refractivity contribution in [3.8, 4) is 33.6 Å². The molecule has 0 aliphatic carbocycles. The highest BCUT2D eigenvalue weighted by Gasteiger charge is 2.39. The third-order valence-corrected chi connectivity index (χ3v) is 10.4. The minimum atomic E-state index is -0.966. The van der Waals surface area contributed by atoms with E-state index in [1.165, 1.54) is 7.11 Å². The molecule has 7 rings (SSSR count). The molecule has 0 saturated carbocycles. The first-order valence-corrected chi connectivity index (χ1v) is 18.8. The molecule has 2 aliphatic rings. The van der Waals surface area contributed by atoms with Crippen molar-refractivity contribution in [3.63, 3.8) is 0 Å². The van der Waals surface area contributed by atoms with Crippen molar-refractivity contribution in [2.24, 2.45) is 11.7 Å². The number of ether oxygens (including phenoxy) is 2. The van der Waals surface area contributed by atoms with Crippen molar-refractivity contribution < 1.29 is 28.7 Å². The molecule has 5 N–H and O–H groups in total. The third kappa shape index (κ3) is 8.13. The van der Waals surface area contributed by atoms with E-state index in [4.69, 9.17) is 15.2 Å². The number of hydrogen-bond acceptors (Lipinski definition) is 9. The average molecular weight is 763 g/mol. The van der Waals surface area contributed by atoms with Crippen LogP contribution in [0.2, 0.25) is 0 Å². The smallest absolute Gasteiger partial charge is 0.407 e. The lowest BCUT2D eigenvalue weighted by Crippen LogP contribution is -2.50. The van der Waals surface area contributed by atoms with Gasteiger partial charge in [-0.05, 0) is 59.9 Å². The molecule has 0 bridgehead atoms. The van der Waals surface area contributed by atoms with E-state index in [-0.39, 0.29) is 36.4 Å². The molecule has 0 unspecified atom stereocenters. The Morgan fingerprint density at radius 3 is 1.80 bits per heavy atom. The van der Waals surface area contributed by atoms with Crippen molar-refractivity contribution in [1.82, 2.24) is 44.8 Å². The maximum absolute atomic E-state index is 13.8. The highest BCUT2D eigenvalue weighted by atomic mass is 16.6. The zero-order chi connectivity index (χ0) is 39.3. The lowest BCUT2D eigenvalue weighted by atomic mass is 10.0. The number of amides is 4. The molecule has 2 aliphatic heterocycles. The van der Waals surface area contributed by atoms with Crippen LogP contribution in [-0.2, 0) is 25.6 Å². The SMILES string of the molecule is COC(=O)N[C@@H](Cn1cccn1)C(=O)N1CCC[C@H]1c1ncc(-c2ccc(-c3ccc(-c4cnc([C@@H]5CCCN5C(=O)[C@@H](OC(N)=O)C(C)C)[nH]4)cc3)cc2)[nH]1. The van der Waals surface area contributed by atoms with E-state index in [0.29, 0.717) is 24.7 Å². The van der Waals surface area contributed by atoms with E-state index in [2.05, 4.69) is 54.6 Å². The zero-order valence-electron chi connectivity index (χ0n) is 31.6. The topological polar surface area (TPSA) is 206 Å². The van der Waals surface area contributed by atoms with Crippen molar-refractivity contribution >= 4 is 24.0 Å². The van der Waals surface area contributed by atoms with E-state index < -0.39 is 24.3 Å². The van der Waals surface area contributed by atoms with Gasteiger partial charge < -0.3 is 40.3 Å². The van der Waals surface area contributed by atoms with Crippen LogP contribution in [0.4, 0.5) is 9.59 Å². The molecular formula is C40H46N10O6. The number of carbonyl (C=O) groups excluding carboxylic acids is 4. The summed E-state index contributed by atoms with van der Waals surface area (Å²) in [6, 6.07) is 16.7. The van der Waals surface area contributed by atoms with Crippen LogP contribution in [0.25, 0.3) is 33.6 Å². The molecule has 292 valence electrons. The van der Waals surface area contributed by atoms with Gasteiger partial charge in [0.25, 0.3) is 5.91 Å². The molecule has 56 heavy (non-hydrogen) atoms. The van der Waals surface area contributed by atoms with Gasteiger partial charge in [-0.25, -0.2) is 19.6 Å². The number of alkyl carbamates (subject to hydrolysis) is 1. The Labute approximate surface area is 323 Å². The summed E-state index contributed by atoms with van der Waals surface area (Å²) >= 11 is 0. The standard InChI is InChI=1S/C40H46N10O6/c1-24(2)34(56-39(41)53)38(52)50-20-5-8-33(50)36-43-22-30(46-36)28-15-11-26(12-16-28)25-9-13-27(14-10-25)29-21-42-35(45-29)32-7-4-19-49(32)37(51)31(47-40(54)55-3)23-48-18-6-17-44-48/h6,9-18,21-22,24,31-34H,4-5,7-8,19-20,23H2,1-3H3,(H2,41,53)(H,42,45)(H,43,46)(H,47,54)/t31-,32-,33-,34-/m0/s1. The summed E-state index contributed by atoms with van der Waals surface area (Å²) in [5, 5.41) is 6.86. The summed E-state index contributed by atoms with van der Waals surface area (Å²) < 4.78 is 11.6. The Kier molecular flexibility index (Phi) is 11.2. The Morgan fingerprint density at radius 2 is 1.34 bits per heavy atom. The number of nitrogens with one attached hydrogen (secondary N) is 3. The monoisotopic (exact) mass is 762 g/mol. The van der Waals surface area contributed by atoms with Crippen LogP contribution in [0.5, 0.6) is 0 Å². The molecule has 5 heterocycles. The number of primary amides is 1. The molecule has 16 heteroatoms. The molecular weight excluding hydrogens is 717 g/mol. The van der Waals surface area contributed by atoms with Crippen molar-refractivity contribution in [1.29, 1.82) is 0 Å². The predicted octanol–water partition coefficient (Wildman–Crippen LogP) is 5.20. The third-order valence-electron chi connectivity index (χ3n) is 10.4. The quantitative estimate of drug-likeness (QED) is 0.132. The second-order valence-corrected chi connectivity index (χ2v) is 14.4. The predicted molar refractivity (Wildman–Crippen MR) is 205 cm³/mol. The number of likely N-dealkylation sites (tertiary alicyclic amines) is 2. The van der Waals surface area contributed by atoms with Crippen LogP contribution in [0.15, 0.2) is 79.4 Å². The van der Waals surface area contributed by atoms with E-state index in [1.54, 1.807) is 45.3 Å². The highest BCUT2D eigenvalue weighted by molar-refractivity contribution is 5.86. The van der Waals surface area contributed by atoms with Crippen LogP contribution in [0.3, 0.4) is 0 Å². The summed E-state index contributed by atoms with van der Waals surface area (Å²) in [4.78, 5) is 70.3. The van der Waals surface area contributed by atoms with Crippen LogP contribution in [0.1, 0.15) is 63.3 Å². The van der Waals surface area contributed by atoms with Crippen molar-refractivity contribution in [3.05, 3.63) is 91.0 Å². The second kappa shape index (κ2) is 16.5. The number of aromatic amines is 2. The Morgan fingerprint density at radius 1 is 0.821 bits per heavy atom. The minimum Gasteiger partial charge on any atom is -0.453 e. The van der Waals surface area contributed by atoms with Gasteiger partial charge in [-0.2, -0.15) is 5.10 Å². The van der Waals surface area contributed by atoms with Gasteiger partial charge >= 0.3 is 12.2 Å². The fourth-order valence-electron chi connectivity index (χ4n) is 7.56. The summed E-state index contributed by atoms with van der Waals surface area (Å²) in [6.07, 6.45) is 7.44. The van der Waals surface area contributed by atoms with E-state index in [0.717, 1.165) is 59.3 Å². The molecule has 2 fully saturated rings. The number of benzene rings is 2. The number of H-pyrrole nitrogens is 2. The largest absolute Gasteiger partial charge is 0.453 e. The van der Waals surface area contributed by atoms with Gasteiger partial charge in [0.1, 0.15) is 17.7 Å². The van der Waals surface area contributed by atoms with Crippen LogP contribution in [0, 0.1) is 5.92 Å². The van der Waals surface area contributed by atoms with E-state index in [9.17, 15) is 19.2 Å². The summed E-state index contributed by atoms with van der Waals surface area (Å²) in [7, 11) is 1.27. The number of nitrogens with two attached hydrogens (primary N) is 1. The van der Waals surface area contributed by atoms with Gasteiger partial charge in [-0.1, -0.05) is 62.4 Å². The van der Waals surface area contributed by atoms with E-state index in [1.807, 2.05) is 38.1 Å². The fourth-order valence-corrected chi connectivity index (χ4v) is 7.56. The molecule has 0 spiro atoms. The number of aromatic nitrogens is 6. The summed E-state index contributed by atoms with van der Waals surface area (Å²) in [5.74, 6) is 0.660. The van der Waals surface area contributed by atoms with Gasteiger partial charge in [-0.15, -0.1) is 0 Å². The van der Waals surface area contributed by atoms with Gasteiger partial charge in [0, 0.05) is 25.5 Å². The molecule has 4 atom stereocenters. The van der Waals surface area contributed by atoms with Crippen LogP contribution >= 0.6 is 0 Å². The minimum absolute atomic E-state index is 0.173. The number of rotatable bonds is 12. The first-order chi connectivity index (χ1) is 27.1. The number of methoxy groups -OCH3 is 1. The molecule has 0 radical (unpaired) electrons. The molecule has 16 nitrogen and oxygen atoms in total. The summed E-state index contributed by atoms with van der Waals surface area (Å²) in [6.45, 7) is 4.91. The Balaban J connectivity index is 1.00. The molecule has 4 amide bonds. The Hall–Kier alpha value is -6.45. The summed E-state index contributed by atoms with van der Waals surface area (Å²) in [5.41, 5.74) is 10.9. The van der Waals surface area contributed by atoms with Crippen LogP contribution in [-0.4, -0.2) is 95.9 Å². The first-order valence-electron chi connectivity index (χ1n) is 18.8. The maximum Gasteiger partial charge on any atom is 0.407 e. The van der Waals surface area contributed by atoms with Crippen molar-refractivity contribution in [2.45, 2.75) is 70.3 Å². The van der Waals surface area contributed by atoms with Gasteiger partial charge in [-0.3, -0.25) is 14.3 Å². The van der Waals surface area contributed by atoms with Gasteiger partial charge in [0.05, 0.1) is 49.5 Å². The Bertz CT molecular complexity index is 2140. The fraction of sp³-hybridized carbons (Fsp3) is 0.375. The average Bonchev–Trinajstić information content (AvgIpc) is 4.05. The second-order valence-electron chi connectivity index (χ2n) is 14.4. The highest BCUT2D eigenvalue weighted by Crippen LogP contribution is 2.35. The number of hydrogen-bond donors (Lipinski definition) is 4. The molecule has 3 aromatic heterocycles. The number of imidazole rings is 2. The first kappa shape index (κ1) is 37.8. The van der Waals surface area contributed by atoms with Crippen molar-refractivity contribution in [2.75, 3.05) is 20.2 Å². The normalized spacial score (nSPS) is 17.9. The number of carbonyl (C=O) groups is 4. The van der Waals surface area contributed by atoms with Crippen LogP contribution < -0.4 is 11.1 Å². The maximum atomic E-state index is 13.8. The number of nitrogens with zero attached hydrogens (tertiary/aromatic N) is 6. The molecule has 2 aromatic carbocycles. The lowest BCUT2D eigenvalue weighted by molar-refractivity contribution is -0.143. The van der Waals surface area contributed by atoms with Gasteiger partial charge in [0.15, 0.2) is 6.10 Å².